The second kappa shape index (κ2) is 7.92. The Hall–Kier alpha value is -3.02. The van der Waals surface area contributed by atoms with Crippen molar-refractivity contribution in [2.75, 3.05) is 17.2 Å². The van der Waals surface area contributed by atoms with Gasteiger partial charge in [0.15, 0.2) is 6.61 Å². The molecule has 1 saturated carbocycles. The van der Waals surface area contributed by atoms with E-state index in [0.717, 1.165) is 18.4 Å². The third-order valence-corrected chi connectivity index (χ3v) is 4.56. The molecule has 2 aromatic carbocycles. The summed E-state index contributed by atoms with van der Waals surface area (Å²) in [5, 5.41) is 15.5. The van der Waals surface area contributed by atoms with E-state index in [9.17, 15) is 14.7 Å². The van der Waals surface area contributed by atoms with Gasteiger partial charge in [-0.05, 0) is 48.1 Å². The van der Waals surface area contributed by atoms with Crippen molar-refractivity contribution in [3.8, 4) is 11.5 Å². The van der Waals surface area contributed by atoms with E-state index in [1.807, 2.05) is 6.07 Å². The summed E-state index contributed by atoms with van der Waals surface area (Å²) in [7, 11) is 0. The molecule has 28 heavy (non-hydrogen) atoms. The number of phenolic OH excluding ortho intramolecular Hbond substituents is 1. The summed E-state index contributed by atoms with van der Waals surface area (Å²) in [6, 6.07) is 12.1. The normalized spacial score (nSPS) is 13.7. The maximum Gasteiger partial charge on any atom is 0.262 e. The molecule has 1 fully saturated rings. The maximum absolute atomic E-state index is 12.2. The van der Waals surface area contributed by atoms with E-state index >= 15 is 0 Å². The number of rotatable bonds is 6. The third kappa shape index (κ3) is 5.25. The molecule has 0 heterocycles. The first kappa shape index (κ1) is 19.7. The van der Waals surface area contributed by atoms with Crippen molar-refractivity contribution in [1.82, 2.24) is 0 Å². The average Bonchev–Trinajstić information content (AvgIpc) is 3.46. The molecule has 6 heteroatoms. The highest BCUT2D eigenvalue weighted by molar-refractivity contribution is 5.94. The van der Waals surface area contributed by atoms with Crippen molar-refractivity contribution in [1.29, 1.82) is 0 Å². The van der Waals surface area contributed by atoms with Crippen molar-refractivity contribution in [2.24, 2.45) is 5.92 Å². The summed E-state index contributed by atoms with van der Waals surface area (Å²) in [6.07, 6.45) is 1.87. The SMILES string of the molecule is CC(C)(C)c1ccc(O)c(NC(=O)COc2cccc(NC(=O)C3CC3)c2)c1. The van der Waals surface area contributed by atoms with Gasteiger partial charge in [-0.1, -0.05) is 32.9 Å². The molecule has 0 spiro atoms. The second-order valence-electron chi connectivity index (χ2n) is 8.11. The molecule has 0 bridgehead atoms. The van der Waals surface area contributed by atoms with Gasteiger partial charge in [0.1, 0.15) is 11.5 Å². The summed E-state index contributed by atoms with van der Waals surface area (Å²) in [5.41, 5.74) is 1.90. The van der Waals surface area contributed by atoms with Gasteiger partial charge in [-0.15, -0.1) is 0 Å². The monoisotopic (exact) mass is 382 g/mol. The van der Waals surface area contributed by atoms with E-state index in [1.54, 1.807) is 36.4 Å². The fourth-order valence-electron chi connectivity index (χ4n) is 2.69. The smallest absolute Gasteiger partial charge is 0.262 e. The molecule has 0 radical (unpaired) electrons. The predicted octanol–water partition coefficient (Wildman–Crippen LogP) is 4.06. The lowest BCUT2D eigenvalue weighted by Gasteiger charge is -2.20. The average molecular weight is 382 g/mol. The Morgan fingerprint density at radius 1 is 1.11 bits per heavy atom. The van der Waals surface area contributed by atoms with Crippen LogP contribution in [0.15, 0.2) is 42.5 Å². The molecule has 0 aromatic heterocycles. The Labute approximate surface area is 164 Å². The van der Waals surface area contributed by atoms with Crippen LogP contribution in [0.2, 0.25) is 0 Å². The zero-order valence-electron chi connectivity index (χ0n) is 16.4. The van der Waals surface area contributed by atoms with Crippen LogP contribution in [0.3, 0.4) is 0 Å². The van der Waals surface area contributed by atoms with Gasteiger partial charge >= 0.3 is 0 Å². The van der Waals surface area contributed by atoms with Crippen molar-refractivity contribution in [3.63, 3.8) is 0 Å². The van der Waals surface area contributed by atoms with Gasteiger partial charge in [-0.2, -0.15) is 0 Å². The standard InChI is InChI=1S/C22H26N2O4/c1-22(2,3)15-9-10-19(25)18(11-15)24-20(26)13-28-17-6-4-5-16(12-17)23-21(27)14-7-8-14/h4-6,9-12,14,25H,7-8,13H2,1-3H3,(H,23,27)(H,24,26). The van der Waals surface area contributed by atoms with Gasteiger partial charge in [0.25, 0.3) is 5.91 Å². The molecule has 0 atom stereocenters. The number of amides is 2. The van der Waals surface area contributed by atoms with E-state index in [-0.39, 0.29) is 35.5 Å². The number of anilines is 2. The Morgan fingerprint density at radius 2 is 1.86 bits per heavy atom. The molecule has 148 valence electrons. The quantitative estimate of drug-likeness (QED) is 0.658. The van der Waals surface area contributed by atoms with E-state index in [4.69, 9.17) is 4.74 Å². The number of hydrogen-bond acceptors (Lipinski definition) is 4. The number of hydrogen-bond donors (Lipinski definition) is 3. The maximum atomic E-state index is 12.2. The fourth-order valence-corrected chi connectivity index (χ4v) is 2.69. The first-order valence-electron chi connectivity index (χ1n) is 9.39. The topological polar surface area (TPSA) is 87.7 Å². The zero-order chi connectivity index (χ0) is 20.3. The summed E-state index contributed by atoms with van der Waals surface area (Å²) >= 11 is 0. The van der Waals surface area contributed by atoms with Crippen LogP contribution in [0.25, 0.3) is 0 Å². The number of benzene rings is 2. The minimum Gasteiger partial charge on any atom is -0.506 e. The number of aromatic hydroxyl groups is 1. The molecule has 1 aliphatic carbocycles. The predicted molar refractivity (Wildman–Crippen MR) is 109 cm³/mol. The number of phenols is 1. The molecule has 2 amide bonds. The molecule has 3 N–H and O–H groups in total. The lowest BCUT2D eigenvalue weighted by atomic mass is 9.87. The van der Waals surface area contributed by atoms with Crippen LogP contribution in [0.4, 0.5) is 11.4 Å². The summed E-state index contributed by atoms with van der Waals surface area (Å²) in [4.78, 5) is 24.1. The first-order chi connectivity index (χ1) is 13.2. The van der Waals surface area contributed by atoms with Crippen LogP contribution in [-0.2, 0) is 15.0 Å². The summed E-state index contributed by atoms with van der Waals surface area (Å²) < 4.78 is 5.53. The van der Waals surface area contributed by atoms with Gasteiger partial charge in [0.2, 0.25) is 5.91 Å². The largest absolute Gasteiger partial charge is 0.506 e. The number of nitrogens with one attached hydrogen (secondary N) is 2. The first-order valence-corrected chi connectivity index (χ1v) is 9.39. The van der Waals surface area contributed by atoms with Crippen LogP contribution in [-0.4, -0.2) is 23.5 Å². The Kier molecular flexibility index (Phi) is 5.58. The highest BCUT2D eigenvalue weighted by Gasteiger charge is 2.29. The Balaban J connectivity index is 1.58. The molecule has 6 nitrogen and oxygen atoms in total. The van der Waals surface area contributed by atoms with Gasteiger partial charge in [-0.3, -0.25) is 9.59 Å². The van der Waals surface area contributed by atoms with Crippen molar-refractivity contribution >= 4 is 23.2 Å². The highest BCUT2D eigenvalue weighted by atomic mass is 16.5. The van der Waals surface area contributed by atoms with Crippen molar-refractivity contribution in [3.05, 3.63) is 48.0 Å². The molecule has 0 unspecified atom stereocenters. The van der Waals surface area contributed by atoms with Gasteiger partial charge in [0, 0.05) is 17.7 Å². The van der Waals surface area contributed by atoms with Crippen LogP contribution >= 0.6 is 0 Å². The van der Waals surface area contributed by atoms with Crippen molar-refractivity contribution in [2.45, 2.75) is 39.0 Å². The van der Waals surface area contributed by atoms with E-state index in [0.29, 0.717) is 17.1 Å². The van der Waals surface area contributed by atoms with Crippen molar-refractivity contribution < 1.29 is 19.4 Å². The molecule has 3 rings (SSSR count). The minimum atomic E-state index is -0.381. The Bertz CT molecular complexity index is 882. The zero-order valence-corrected chi connectivity index (χ0v) is 16.4. The molecule has 1 aliphatic rings. The van der Waals surface area contributed by atoms with Crippen LogP contribution < -0.4 is 15.4 Å². The Morgan fingerprint density at radius 3 is 2.54 bits per heavy atom. The highest BCUT2D eigenvalue weighted by Crippen LogP contribution is 2.31. The number of ether oxygens (including phenoxy) is 1. The molecular weight excluding hydrogens is 356 g/mol. The van der Waals surface area contributed by atoms with Gasteiger partial charge in [-0.25, -0.2) is 0 Å². The van der Waals surface area contributed by atoms with Crippen LogP contribution in [0.1, 0.15) is 39.2 Å². The van der Waals surface area contributed by atoms with E-state index in [2.05, 4.69) is 31.4 Å². The van der Waals surface area contributed by atoms with E-state index < -0.39 is 0 Å². The number of carbonyl (C=O) groups excluding carboxylic acids is 2. The third-order valence-electron chi connectivity index (χ3n) is 4.56. The van der Waals surface area contributed by atoms with Crippen LogP contribution in [0, 0.1) is 5.92 Å². The molecule has 0 aliphatic heterocycles. The number of carbonyl (C=O) groups is 2. The lowest BCUT2D eigenvalue weighted by molar-refractivity contribution is -0.118. The molecule has 0 saturated heterocycles. The van der Waals surface area contributed by atoms with E-state index in [1.165, 1.54) is 0 Å². The summed E-state index contributed by atoms with van der Waals surface area (Å²) in [5.74, 6) is 0.243. The lowest BCUT2D eigenvalue weighted by Crippen LogP contribution is -2.21. The van der Waals surface area contributed by atoms with Gasteiger partial charge in [0.05, 0.1) is 5.69 Å². The fraction of sp³-hybridized carbons (Fsp3) is 0.364. The van der Waals surface area contributed by atoms with Gasteiger partial charge < -0.3 is 20.5 Å². The summed E-state index contributed by atoms with van der Waals surface area (Å²) in [6.45, 7) is 5.97. The molecule has 2 aromatic rings. The second-order valence-corrected chi connectivity index (χ2v) is 8.11. The van der Waals surface area contributed by atoms with Crippen LogP contribution in [0.5, 0.6) is 11.5 Å². The minimum absolute atomic E-state index is 0.00568. The molecular formula is C22H26N2O4.